The number of benzene rings is 2. The van der Waals surface area contributed by atoms with Gasteiger partial charge in [-0.2, -0.15) is 0 Å². The third-order valence-corrected chi connectivity index (χ3v) is 7.75. The predicted molar refractivity (Wildman–Crippen MR) is 145 cm³/mol. The summed E-state index contributed by atoms with van der Waals surface area (Å²) in [6.45, 7) is -1.63. The van der Waals surface area contributed by atoms with Gasteiger partial charge in [0.05, 0.1) is 25.9 Å². The summed E-state index contributed by atoms with van der Waals surface area (Å²) in [7, 11) is 1.30. The van der Waals surface area contributed by atoms with Crippen molar-refractivity contribution in [1.82, 2.24) is 0 Å². The Bertz CT molecular complexity index is 1550. The Morgan fingerprint density at radius 1 is 0.773 bits per heavy atom. The van der Waals surface area contributed by atoms with Gasteiger partial charge in [0.1, 0.15) is 77.6 Å². The molecule has 3 heterocycles. The monoisotopic (exact) mass is 624 g/mol. The molecule has 2 aromatic carbocycles. The summed E-state index contributed by atoms with van der Waals surface area (Å²) in [5.41, 5.74) is -1.39. The molecule has 0 radical (unpaired) electrons. The van der Waals surface area contributed by atoms with Crippen molar-refractivity contribution in [2.24, 2.45) is 0 Å². The van der Waals surface area contributed by atoms with E-state index in [-0.39, 0.29) is 28.4 Å². The van der Waals surface area contributed by atoms with E-state index in [0.29, 0.717) is 0 Å². The van der Waals surface area contributed by atoms with E-state index in [1.54, 1.807) is 0 Å². The van der Waals surface area contributed by atoms with Gasteiger partial charge in [0.2, 0.25) is 0 Å². The van der Waals surface area contributed by atoms with Crippen molar-refractivity contribution < 1.29 is 74.4 Å². The number of hydrogen-bond acceptors (Lipinski definition) is 16. The van der Waals surface area contributed by atoms with Crippen LogP contribution in [0.3, 0.4) is 0 Å². The summed E-state index contributed by atoms with van der Waals surface area (Å²) in [5, 5.41) is 103. The lowest BCUT2D eigenvalue weighted by molar-refractivity contribution is -0.342. The highest BCUT2D eigenvalue weighted by atomic mass is 16.7. The van der Waals surface area contributed by atoms with Gasteiger partial charge >= 0.3 is 0 Å². The molecule has 10 unspecified atom stereocenters. The maximum absolute atomic E-state index is 13.3. The molecule has 5 rings (SSSR count). The molecule has 3 aromatic rings. The molecule has 2 aliphatic heterocycles. The standard InChI is InChI=1S/C28H32O16/c1-40-15-4-9(2-3-10(15)31)14-6-13(34)18-11(32)5-12(33)19(25(18)41-14)26-27(23(38)21(36)16(7-29)42-26)44-28-24(39)22(37)20(35)17(8-30)43-28/h2-6,16-17,20-24,26-33,35-39H,7-8H2,1H3. The van der Waals surface area contributed by atoms with Crippen molar-refractivity contribution in [1.29, 1.82) is 0 Å². The molecule has 10 atom stereocenters. The lowest BCUT2D eigenvalue weighted by Gasteiger charge is -2.46. The first-order valence-corrected chi connectivity index (χ1v) is 13.4. The van der Waals surface area contributed by atoms with Crippen LogP contribution in [0.5, 0.6) is 23.0 Å². The van der Waals surface area contributed by atoms with Crippen molar-refractivity contribution in [3.63, 3.8) is 0 Å². The van der Waals surface area contributed by atoms with Crippen LogP contribution in [0.2, 0.25) is 0 Å². The molecule has 0 saturated carbocycles. The first-order chi connectivity index (χ1) is 20.9. The molecule has 10 N–H and O–H groups in total. The maximum Gasteiger partial charge on any atom is 0.197 e. The first-order valence-electron chi connectivity index (χ1n) is 13.4. The summed E-state index contributed by atoms with van der Waals surface area (Å²) >= 11 is 0. The summed E-state index contributed by atoms with van der Waals surface area (Å²) in [6, 6.07) is 5.86. The smallest absolute Gasteiger partial charge is 0.197 e. The quantitative estimate of drug-likeness (QED) is 0.135. The largest absolute Gasteiger partial charge is 0.507 e. The zero-order valence-corrected chi connectivity index (χ0v) is 23.0. The second-order valence-corrected chi connectivity index (χ2v) is 10.5. The SMILES string of the molecule is COc1cc(-c2cc(=O)c3c(O)cc(O)c(C4OC(CO)C(O)C(O)C4OC4OC(CO)C(O)C(O)C4O)c3o2)ccc1O. The van der Waals surface area contributed by atoms with Crippen LogP contribution < -0.4 is 10.2 Å². The highest BCUT2D eigenvalue weighted by Gasteiger charge is 2.52. The molecular weight excluding hydrogens is 592 g/mol. The van der Waals surface area contributed by atoms with Crippen molar-refractivity contribution in [2.75, 3.05) is 20.3 Å². The number of phenolic OH excluding ortho intramolecular Hbond substituents is 3. The Morgan fingerprint density at radius 2 is 1.43 bits per heavy atom. The molecule has 2 fully saturated rings. The van der Waals surface area contributed by atoms with E-state index >= 15 is 0 Å². The number of aliphatic hydroxyl groups is 7. The van der Waals surface area contributed by atoms with E-state index in [2.05, 4.69) is 0 Å². The third kappa shape index (κ3) is 5.45. The van der Waals surface area contributed by atoms with Gasteiger partial charge in [-0.3, -0.25) is 4.79 Å². The minimum absolute atomic E-state index is 0.0377. The molecule has 2 saturated heterocycles. The molecule has 16 heteroatoms. The second kappa shape index (κ2) is 12.4. The normalized spacial score (nSPS) is 32.5. The van der Waals surface area contributed by atoms with Gasteiger partial charge in [0.15, 0.2) is 28.8 Å². The summed E-state index contributed by atoms with van der Waals surface area (Å²) in [4.78, 5) is 13.3. The maximum atomic E-state index is 13.3. The Hall–Kier alpha value is -3.55. The number of aliphatic hydroxyl groups excluding tert-OH is 7. The number of rotatable bonds is 7. The fraction of sp³-hybridized carbons (Fsp3) is 0.464. The molecule has 44 heavy (non-hydrogen) atoms. The van der Waals surface area contributed by atoms with E-state index in [4.69, 9.17) is 23.4 Å². The number of fused-ring (bicyclic) bond motifs is 1. The van der Waals surface area contributed by atoms with Crippen LogP contribution in [-0.2, 0) is 14.2 Å². The Labute approximate surface area is 247 Å². The Balaban J connectivity index is 1.67. The van der Waals surface area contributed by atoms with Gasteiger partial charge in [-0.25, -0.2) is 0 Å². The molecular formula is C28H32O16. The predicted octanol–water partition coefficient (Wildman–Crippen LogP) is -2.08. The number of hydrogen-bond donors (Lipinski definition) is 10. The fourth-order valence-corrected chi connectivity index (χ4v) is 5.38. The van der Waals surface area contributed by atoms with E-state index < -0.39 is 102 Å². The number of ether oxygens (including phenoxy) is 4. The van der Waals surface area contributed by atoms with Crippen LogP contribution in [0.25, 0.3) is 22.3 Å². The van der Waals surface area contributed by atoms with Gasteiger partial charge in [-0.15, -0.1) is 0 Å². The van der Waals surface area contributed by atoms with E-state index in [0.717, 1.165) is 12.1 Å². The van der Waals surface area contributed by atoms with Gasteiger partial charge in [-0.05, 0) is 18.2 Å². The zero-order valence-electron chi connectivity index (χ0n) is 23.0. The summed E-state index contributed by atoms with van der Waals surface area (Å²) < 4.78 is 28.0. The highest BCUT2D eigenvalue weighted by Crippen LogP contribution is 2.45. The van der Waals surface area contributed by atoms with E-state index in [9.17, 15) is 55.9 Å². The number of methoxy groups -OCH3 is 1. The lowest BCUT2D eigenvalue weighted by Crippen LogP contribution is -2.62. The molecule has 240 valence electrons. The molecule has 0 amide bonds. The minimum atomic E-state index is -1.94. The van der Waals surface area contributed by atoms with Crippen molar-refractivity contribution in [3.8, 4) is 34.3 Å². The Kier molecular flexibility index (Phi) is 9.01. The van der Waals surface area contributed by atoms with Crippen LogP contribution in [0.4, 0.5) is 0 Å². The topological polar surface area (TPSA) is 269 Å². The second-order valence-electron chi connectivity index (χ2n) is 10.5. The average molecular weight is 625 g/mol. The van der Waals surface area contributed by atoms with Crippen LogP contribution in [0.1, 0.15) is 11.7 Å². The molecule has 0 aliphatic carbocycles. The first kappa shape index (κ1) is 31.9. The van der Waals surface area contributed by atoms with Crippen molar-refractivity contribution >= 4 is 11.0 Å². The van der Waals surface area contributed by atoms with E-state index in [1.165, 1.54) is 25.3 Å². The van der Waals surface area contributed by atoms with E-state index in [1.807, 2.05) is 0 Å². The van der Waals surface area contributed by atoms with Crippen LogP contribution in [0.15, 0.2) is 39.5 Å². The highest BCUT2D eigenvalue weighted by molar-refractivity contribution is 5.89. The van der Waals surface area contributed by atoms with Crippen molar-refractivity contribution in [2.45, 2.75) is 61.2 Å². The Morgan fingerprint density at radius 3 is 2.09 bits per heavy atom. The third-order valence-electron chi connectivity index (χ3n) is 7.75. The summed E-state index contributed by atoms with van der Waals surface area (Å²) in [6.07, 6.45) is -17.5. The molecule has 0 bridgehead atoms. The minimum Gasteiger partial charge on any atom is -0.507 e. The van der Waals surface area contributed by atoms with Crippen LogP contribution >= 0.6 is 0 Å². The van der Waals surface area contributed by atoms with Gasteiger partial charge in [0.25, 0.3) is 0 Å². The van der Waals surface area contributed by atoms with Gasteiger partial charge in [0, 0.05) is 17.7 Å². The lowest BCUT2D eigenvalue weighted by atomic mass is 9.89. The van der Waals surface area contributed by atoms with Crippen LogP contribution in [-0.4, -0.2) is 127 Å². The van der Waals surface area contributed by atoms with Crippen molar-refractivity contribution in [3.05, 3.63) is 46.1 Å². The molecule has 16 nitrogen and oxygen atoms in total. The fourth-order valence-electron chi connectivity index (χ4n) is 5.38. The van der Waals surface area contributed by atoms with Gasteiger partial charge < -0.3 is 74.4 Å². The molecule has 1 aromatic heterocycles. The zero-order chi connectivity index (χ0) is 32.0. The van der Waals surface area contributed by atoms with Gasteiger partial charge in [-0.1, -0.05) is 0 Å². The number of aromatic hydroxyl groups is 3. The molecule has 2 aliphatic rings. The molecule has 0 spiro atoms. The average Bonchev–Trinajstić information content (AvgIpc) is 3.00. The summed E-state index contributed by atoms with van der Waals surface area (Å²) in [5.74, 6) is -1.70. The number of phenols is 3. The van der Waals surface area contributed by atoms with Crippen LogP contribution in [0, 0.1) is 0 Å².